The van der Waals surface area contributed by atoms with Crippen LogP contribution in [0.3, 0.4) is 0 Å². The van der Waals surface area contributed by atoms with Crippen LogP contribution in [0.4, 0.5) is 4.39 Å². The van der Waals surface area contributed by atoms with E-state index in [-0.39, 0.29) is 30.6 Å². The molecule has 4 nitrogen and oxygen atoms in total. The van der Waals surface area contributed by atoms with E-state index in [4.69, 9.17) is 11.6 Å². The van der Waals surface area contributed by atoms with Crippen molar-refractivity contribution in [2.24, 2.45) is 0 Å². The smallest absolute Gasteiger partial charge is 0.242 e. The van der Waals surface area contributed by atoms with Crippen molar-refractivity contribution in [3.05, 3.63) is 70.5 Å². The maximum atomic E-state index is 13.3. The van der Waals surface area contributed by atoms with Crippen molar-refractivity contribution in [1.82, 2.24) is 10.2 Å². The fourth-order valence-corrected chi connectivity index (χ4v) is 3.53. The predicted octanol–water partition coefficient (Wildman–Crippen LogP) is 5.14. The molecule has 2 aromatic carbocycles. The van der Waals surface area contributed by atoms with Gasteiger partial charge in [0.15, 0.2) is 0 Å². The van der Waals surface area contributed by atoms with E-state index >= 15 is 0 Å². The number of nitrogens with one attached hydrogen (secondary N) is 1. The molecular weight excluding hydrogens is 403 g/mol. The minimum atomic E-state index is -0.578. The summed E-state index contributed by atoms with van der Waals surface area (Å²) in [6.45, 7) is 4.79. The Morgan fingerprint density at radius 2 is 1.80 bits per heavy atom. The molecule has 0 radical (unpaired) electrons. The molecule has 6 heteroatoms. The van der Waals surface area contributed by atoms with Gasteiger partial charge >= 0.3 is 0 Å². The number of unbranched alkanes of at least 4 members (excludes halogenated alkanes) is 1. The quantitative estimate of drug-likeness (QED) is 0.500. The number of benzene rings is 2. The monoisotopic (exact) mass is 432 g/mol. The molecule has 0 fully saturated rings. The molecule has 2 amide bonds. The van der Waals surface area contributed by atoms with Crippen molar-refractivity contribution in [3.8, 4) is 0 Å². The van der Waals surface area contributed by atoms with Crippen molar-refractivity contribution in [2.75, 3.05) is 6.54 Å². The zero-order valence-electron chi connectivity index (χ0n) is 17.7. The van der Waals surface area contributed by atoms with E-state index < -0.39 is 6.04 Å². The third kappa shape index (κ3) is 7.13. The van der Waals surface area contributed by atoms with Crippen LogP contribution in [-0.4, -0.2) is 29.3 Å². The number of halogens is 2. The minimum absolute atomic E-state index is 0.128. The summed E-state index contributed by atoms with van der Waals surface area (Å²) in [5, 5.41) is 3.56. The van der Waals surface area contributed by atoms with Gasteiger partial charge in [0.25, 0.3) is 0 Å². The lowest BCUT2D eigenvalue weighted by Gasteiger charge is -2.31. The lowest BCUT2D eigenvalue weighted by Crippen LogP contribution is -2.49. The summed E-state index contributed by atoms with van der Waals surface area (Å²) >= 11 is 6.22. The van der Waals surface area contributed by atoms with Gasteiger partial charge in [0, 0.05) is 24.5 Å². The third-order valence-corrected chi connectivity index (χ3v) is 5.42. The second kappa shape index (κ2) is 12.3. The summed E-state index contributed by atoms with van der Waals surface area (Å²) in [5.74, 6) is -0.615. The first-order valence-corrected chi connectivity index (χ1v) is 10.9. The van der Waals surface area contributed by atoms with Gasteiger partial charge in [-0.25, -0.2) is 4.39 Å². The molecule has 0 aliphatic carbocycles. The van der Waals surface area contributed by atoms with Crippen molar-refractivity contribution in [2.45, 2.75) is 58.5 Å². The van der Waals surface area contributed by atoms with Gasteiger partial charge in [-0.3, -0.25) is 9.59 Å². The van der Waals surface area contributed by atoms with Gasteiger partial charge in [-0.1, -0.05) is 62.2 Å². The highest BCUT2D eigenvalue weighted by molar-refractivity contribution is 6.31. The van der Waals surface area contributed by atoms with Crippen molar-refractivity contribution in [1.29, 1.82) is 0 Å². The molecular formula is C24H30ClFN2O2. The van der Waals surface area contributed by atoms with Crippen molar-refractivity contribution < 1.29 is 14.0 Å². The highest BCUT2D eigenvalue weighted by Crippen LogP contribution is 2.19. The second-order valence-corrected chi connectivity index (χ2v) is 7.72. The first-order chi connectivity index (χ1) is 14.5. The number of amides is 2. The summed E-state index contributed by atoms with van der Waals surface area (Å²) in [4.78, 5) is 27.5. The second-order valence-electron chi connectivity index (χ2n) is 7.31. The molecule has 162 valence electrons. The van der Waals surface area contributed by atoms with Crippen LogP contribution in [0, 0.1) is 5.82 Å². The van der Waals surface area contributed by atoms with Gasteiger partial charge < -0.3 is 10.2 Å². The Bertz CT molecular complexity index is 826. The molecule has 1 N–H and O–H groups in total. The van der Waals surface area contributed by atoms with E-state index in [0.717, 1.165) is 24.0 Å². The number of nitrogens with zero attached hydrogens (tertiary/aromatic N) is 1. The molecule has 2 rings (SSSR count). The predicted molar refractivity (Wildman–Crippen MR) is 119 cm³/mol. The summed E-state index contributed by atoms with van der Waals surface area (Å²) in [6.07, 6.45) is 3.10. The number of rotatable bonds is 11. The Morgan fingerprint density at radius 1 is 1.10 bits per heavy atom. The summed E-state index contributed by atoms with van der Waals surface area (Å²) in [5.41, 5.74) is 1.68. The molecule has 0 aliphatic rings. The van der Waals surface area contributed by atoms with E-state index in [0.29, 0.717) is 24.4 Å². The average molecular weight is 433 g/mol. The van der Waals surface area contributed by atoms with Crippen LogP contribution in [-0.2, 0) is 22.6 Å². The van der Waals surface area contributed by atoms with Crippen LogP contribution in [0.1, 0.15) is 50.7 Å². The number of hydrogen-bond acceptors (Lipinski definition) is 2. The molecule has 0 spiro atoms. The fraction of sp³-hybridized carbons (Fsp3) is 0.417. The van der Waals surface area contributed by atoms with Gasteiger partial charge in [0.1, 0.15) is 11.9 Å². The molecule has 30 heavy (non-hydrogen) atoms. The number of hydrogen-bond donors (Lipinski definition) is 1. The normalized spacial score (nSPS) is 11.7. The maximum Gasteiger partial charge on any atom is 0.242 e. The Hall–Kier alpha value is -2.40. The van der Waals surface area contributed by atoms with E-state index in [9.17, 15) is 14.0 Å². The molecule has 0 saturated carbocycles. The standard InChI is InChI=1S/C24H30ClFN2O2/c1-3-5-16-27-24(30)22(4-2)28(17-18-10-13-20(26)14-11-18)23(29)15-12-19-8-6-7-9-21(19)25/h6-11,13-14,22H,3-5,12,15-17H2,1-2H3,(H,27,30)/t22-/m1/s1. The summed E-state index contributed by atoms with van der Waals surface area (Å²) in [7, 11) is 0. The first kappa shape index (κ1) is 23.9. The first-order valence-electron chi connectivity index (χ1n) is 10.5. The largest absolute Gasteiger partial charge is 0.354 e. The van der Waals surface area contributed by atoms with Crippen molar-refractivity contribution >= 4 is 23.4 Å². The third-order valence-electron chi connectivity index (χ3n) is 5.05. The Kier molecular flexibility index (Phi) is 9.81. The lowest BCUT2D eigenvalue weighted by atomic mass is 10.1. The topological polar surface area (TPSA) is 49.4 Å². The fourth-order valence-electron chi connectivity index (χ4n) is 3.30. The Morgan fingerprint density at radius 3 is 2.43 bits per heavy atom. The van der Waals surface area contributed by atoms with Crippen LogP contribution in [0.25, 0.3) is 0 Å². The Labute approximate surface area is 183 Å². The van der Waals surface area contributed by atoms with Gasteiger partial charge in [0.2, 0.25) is 11.8 Å². The SMILES string of the molecule is CCCCNC(=O)[C@@H](CC)N(Cc1ccc(F)cc1)C(=O)CCc1ccccc1Cl. The van der Waals surface area contributed by atoms with E-state index in [2.05, 4.69) is 12.2 Å². The molecule has 2 aromatic rings. The van der Waals surface area contributed by atoms with Gasteiger partial charge in [0.05, 0.1) is 0 Å². The average Bonchev–Trinajstić information content (AvgIpc) is 2.74. The van der Waals surface area contributed by atoms with Crippen LogP contribution >= 0.6 is 11.6 Å². The molecule has 0 unspecified atom stereocenters. The van der Waals surface area contributed by atoms with Crippen LogP contribution in [0.2, 0.25) is 5.02 Å². The number of carbonyl (C=O) groups is 2. The van der Waals surface area contributed by atoms with E-state index in [1.807, 2.05) is 25.1 Å². The van der Waals surface area contributed by atoms with Crippen LogP contribution in [0.15, 0.2) is 48.5 Å². The zero-order valence-corrected chi connectivity index (χ0v) is 18.4. The zero-order chi connectivity index (χ0) is 21.9. The maximum absolute atomic E-state index is 13.3. The number of carbonyl (C=O) groups excluding carboxylic acids is 2. The van der Waals surface area contributed by atoms with E-state index in [1.54, 1.807) is 23.1 Å². The molecule has 0 saturated heterocycles. The van der Waals surface area contributed by atoms with Gasteiger partial charge in [-0.05, 0) is 48.6 Å². The molecule has 1 atom stereocenters. The van der Waals surface area contributed by atoms with Gasteiger partial charge in [-0.2, -0.15) is 0 Å². The Balaban J connectivity index is 2.17. The van der Waals surface area contributed by atoms with Crippen LogP contribution in [0.5, 0.6) is 0 Å². The lowest BCUT2D eigenvalue weighted by molar-refractivity contribution is -0.141. The molecule has 0 aliphatic heterocycles. The molecule has 0 aromatic heterocycles. The summed E-state index contributed by atoms with van der Waals surface area (Å²) < 4.78 is 13.3. The molecule has 0 bridgehead atoms. The van der Waals surface area contributed by atoms with Gasteiger partial charge in [-0.15, -0.1) is 0 Å². The van der Waals surface area contributed by atoms with Crippen LogP contribution < -0.4 is 5.32 Å². The molecule has 0 heterocycles. The number of aryl methyl sites for hydroxylation is 1. The van der Waals surface area contributed by atoms with Crippen molar-refractivity contribution in [3.63, 3.8) is 0 Å². The highest BCUT2D eigenvalue weighted by Gasteiger charge is 2.28. The minimum Gasteiger partial charge on any atom is -0.354 e. The summed E-state index contributed by atoms with van der Waals surface area (Å²) in [6, 6.07) is 12.9. The highest BCUT2D eigenvalue weighted by atomic mass is 35.5. The van der Waals surface area contributed by atoms with E-state index in [1.165, 1.54) is 12.1 Å².